The highest BCUT2D eigenvalue weighted by Gasteiger charge is 2.21. The Kier molecular flexibility index (Phi) is 7.72. The Labute approximate surface area is 125 Å². The summed E-state index contributed by atoms with van der Waals surface area (Å²) in [4.78, 5) is 0. The van der Waals surface area contributed by atoms with Gasteiger partial charge in [-0.25, -0.2) is 0 Å². The van der Waals surface area contributed by atoms with E-state index in [1.54, 1.807) is 7.11 Å². The molecule has 1 aromatic rings. The molecule has 1 unspecified atom stereocenters. The highest BCUT2D eigenvalue weighted by Crippen LogP contribution is 2.35. The fourth-order valence-corrected chi connectivity index (χ4v) is 3.43. The van der Waals surface area contributed by atoms with E-state index >= 15 is 0 Å². The molecule has 20 heavy (non-hydrogen) atoms. The molecule has 0 bridgehead atoms. The highest BCUT2D eigenvalue weighted by atomic mass is 16.5. The summed E-state index contributed by atoms with van der Waals surface area (Å²) in [5.74, 6) is 3.25. The van der Waals surface area contributed by atoms with Crippen molar-refractivity contribution in [1.29, 1.82) is 0 Å². The Morgan fingerprint density at radius 3 is 2.40 bits per heavy atom. The molecule has 0 amide bonds. The number of benzene rings is 1. The van der Waals surface area contributed by atoms with Crippen LogP contribution in [0.4, 0.5) is 0 Å². The maximum absolute atomic E-state index is 5.37. The lowest BCUT2D eigenvalue weighted by Crippen LogP contribution is -2.14. The molecule has 1 nitrogen and oxygen atoms in total. The average Bonchev–Trinajstić information content (AvgIpc) is 2.47. The first kappa shape index (κ1) is 17.1. The van der Waals surface area contributed by atoms with Gasteiger partial charge >= 0.3 is 0 Å². The Bertz CT molecular complexity index is 372. The minimum Gasteiger partial charge on any atom is -0.497 e. The lowest BCUT2D eigenvalue weighted by Gasteiger charge is -2.27. The largest absolute Gasteiger partial charge is 0.497 e. The van der Waals surface area contributed by atoms with Crippen molar-refractivity contribution in [2.45, 2.75) is 65.7 Å². The van der Waals surface area contributed by atoms with Gasteiger partial charge in [0.1, 0.15) is 5.75 Å². The van der Waals surface area contributed by atoms with Crippen molar-refractivity contribution in [3.05, 3.63) is 29.8 Å². The molecule has 0 saturated heterocycles. The zero-order valence-corrected chi connectivity index (χ0v) is 14.0. The van der Waals surface area contributed by atoms with Gasteiger partial charge in [-0.2, -0.15) is 0 Å². The Balaban J connectivity index is 2.77. The topological polar surface area (TPSA) is 9.23 Å². The molecular weight excluding hydrogens is 244 g/mol. The molecule has 0 aliphatic carbocycles. The smallest absolute Gasteiger partial charge is 0.119 e. The van der Waals surface area contributed by atoms with Crippen LogP contribution in [-0.4, -0.2) is 7.11 Å². The van der Waals surface area contributed by atoms with Crippen LogP contribution in [0, 0.1) is 11.8 Å². The zero-order chi connectivity index (χ0) is 15.0. The molecule has 1 heteroatoms. The third-order valence-corrected chi connectivity index (χ3v) is 4.63. The van der Waals surface area contributed by atoms with E-state index in [1.165, 1.54) is 37.7 Å². The van der Waals surface area contributed by atoms with E-state index in [4.69, 9.17) is 4.74 Å². The highest BCUT2D eigenvalue weighted by molar-refractivity contribution is 5.31. The van der Waals surface area contributed by atoms with Crippen LogP contribution >= 0.6 is 0 Å². The second-order valence-corrected chi connectivity index (χ2v) is 6.07. The van der Waals surface area contributed by atoms with E-state index in [1.807, 2.05) is 6.07 Å². The van der Waals surface area contributed by atoms with Crippen molar-refractivity contribution in [2.75, 3.05) is 7.11 Å². The molecule has 0 spiro atoms. The monoisotopic (exact) mass is 276 g/mol. The van der Waals surface area contributed by atoms with E-state index in [9.17, 15) is 0 Å². The van der Waals surface area contributed by atoms with Gasteiger partial charge in [0.05, 0.1) is 7.11 Å². The molecule has 1 aromatic carbocycles. The van der Waals surface area contributed by atoms with Crippen LogP contribution in [0.25, 0.3) is 0 Å². The van der Waals surface area contributed by atoms with E-state index in [0.29, 0.717) is 5.92 Å². The third kappa shape index (κ3) is 4.85. The van der Waals surface area contributed by atoms with Gasteiger partial charge in [0.2, 0.25) is 0 Å². The third-order valence-electron chi connectivity index (χ3n) is 4.63. The number of rotatable bonds is 9. The van der Waals surface area contributed by atoms with E-state index in [-0.39, 0.29) is 0 Å². The summed E-state index contributed by atoms with van der Waals surface area (Å²) in [6.07, 6.45) is 6.54. The van der Waals surface area contributed by atoms with E-state index in [0.717, 1.165) is 17.6 Å². The van der Waals surface area contributed by atoms with Crippen LogP contribution in [0.15, 0.2) is 24.3 Å². The molecule has 0 radical (unpaired) electrons. The second kappa shape index (κ2) is 9.05. The molecule has 0 aliphatic rings. The van der Waals surface area contributed by atoms with Crippen LogP contribution in [0.3, 0.4) is 0 Å². The lowest BCUT2D eigenvalue weighted by molar-refractivity contribution is 0.315. The van der Waals surface area contributed by atoms with Crippen molar-refractivity contribution >= 4 is 0 Å². The van der Waals surface area contributed by atoms with Crippen molar-refractivity contribution in [3.8, 4) is 5.75 Å². The number of hydrogen-bond donors (Lipinski definition) is 0. The molecule has 0 fully saturated rings. The van der Waals surface area contributed by atoms with E-state index < -0.39 is 0 Å². The van der Waals surface area contributed by atoms with Gasteiger partial charge in [0.25, 0.3) is 0 Å². The summed E-state index contributed by atoms with van der Waals surface area (Å²) in [5, 5.41) is 0. The molecule has 1 rings (SSSR count). The number of hydrogen-bond acceptors (Lipinski definition) is 1. The SMILES string of the molecule is CCCC(CC)C[C@H](C)[C@@H](CC)c1cccc(OC)c1. The second-order valence-electron chi connectivity index (χ2n) is 6.07. The Morgan fingerprint density at radius 2 is 1.85 bits per heavy atom. The molecule has 0 N–H and O–H groups in total. The van der Waals surface area contributed by atoms with Gasteiger partial charge in [-0.05, 0) is 48.3 Å². The molecule has 0 heterocycles. The molecule has 0 aromatic heterocycles. The van der Waals surface area contributed by atoms with Crippen molar-refractivity contribution in [3.63, 3.8) is 0 Å². The first-order valence-corrected chi connectivity index (χ1v) is 8.30. The fraction of sp³-hybridized carbons (Fsp3) is 0.684. The molecular formula is C19H32O. The van der Waals surface area contributed by atoms with Crippen LogP contribution in [-0.2, 0) is 0 Å². The minimum atomic E-state index is 0.649. The summed E-state index contributed by atoms with van der Waals surface area (Å²) >= 11 is 0. The fourth-order valence-electron chi connectivity index (χ4n) is 3.43. The van der Waals surface area contributed by atoms with Gasteiger partial charge in [0.15, 0.2) is 0 Å². The van der Waals surface area contributed by atoms with Gasteiger partial charge < -0.3 is 4.74 Å². The van der Waals surface area contributed by atoms with Gasteiger partial charge in [-0.3, -0.25) is 0 Å². The number of ether oxygens (including phenoxy) is 1. The van der Waals surface area contributed by atoms with E-state index in [2.05, 4.69) is 45.9 Å². The molecule has 114 valence electrons. The van der Waals surface area contributed by atoms with Crippen molar-refractivity contribution < 1.29 is 4.74 Å². The standard InChI is InChI=1S/C19H32O/c1-6-10-16(7-2)13-15(4)19(8-3)17-11-9-12-18(14-17)20-5/h9,11-12,14-16,19H,6-8,10,13H2,1-5H3/t15-,16?,19+/m0/s1. The van der Waals surface area contributed by atoms with Crippen LogP contribution in [0.1, 0.15) is 71.3 Å². The Morgan fingerprint density at radius 1 is 1.10 bits per heavy atom. The summed E-state index contributed by atoms with van der Waals surface area (Å²) in [6, 6.07) is 8.62. The van der Waals surface area contributed by atoms with Crippen LogP contribution in [0.2, 0.25) is 0 Å². The quantitative estimate of drug-likeness (QED) is 0.534. The van der Waals surface area contributed by atoms with Crippen molar-refractivity contribution in [2.24, 2.45) is 11.8 Å². The summed E-state index contributed by atoms with van der Waals surface area (Å²) < 4.78 is 5.37. The summed E-state index contributed by atoms with van der Waals surface area (Å²) in [6.45, 7) is 9.36. The average molecular weight is 276 g/mol. The maximum atomic E-state index is 5.37. The van der Waals surface area contributed by atoms with Crippen molar-refractivity contribution in [1.82, 2.24) is 0 Å². The Hall–Kier alpha value is -0.980. The zero-order valence-electron chi connectivity index (χ0n) is 14.0. The molecule has 3 atom stereocenters. The van der Waals surface area contributed by atoms with Gasteiger partial charge in [0, 0.05) is 0 Å². The minimum absolute atomic E-state index is 0.649. The maximum Gasteiger partial charge on any atom is 0.119 e. The van der Waals surface area contributed by atoms with Crippen LogP contribution < -0.4 is 4.74 Å². The predicted octanol–water partition coefficient (Wildman–Crippen LogP) is 6.04. The van der Waals surface area contributed by atoms with Gasteiger partial charge in [-0.15, -0.1) is 0 Å². The molecule has 0 saturated carbocycles. The van der Waals surface area contributed by atoms with Gasteiger partial charge in [-0.1, -0.05) is 59.1 Å². The first-order valence-electron chi connectivity index (χ1n) is 8.30. The molecule has 0 aliphatic heterocycles. The number of methoxy groups -OCH3 is 1. The van der Waals surface area contributed by atoms with Crippen LogP contribution in [0.5, 0.6) is 5.75 Å². The first-order chi connectivity index (χ1) is 9.65. The predicted molar refractivity (Wildman–Crippen MR) is 88.5 cm³/mol. The summed E-state index contributed by atoms with van der Waals surface area (Å²) in [7, 11) is 1.75. The summed E-state index contributed by atoms with van der Waals surface area (Å²) in [5.41, 5.74) is 1.44. The normalized spacial score (nSPS) is 15.7. The lowest BCUT2D eigenvalue weighted by atomic mass is 9.78.